The van der Waals surface area contributed by atoms with Gasteiger partial charge in [0.05, 0.1) is 23.1 Å². The zero-order chi connectivity index (χ0) is 16.4. The lowest BCUT2D eigenvalue weighted by Crippen LogP contribution is -2.41. The molecule has 1 atom stereocenters. The number of carbonyl (C=O) groups is 1. The maximum Gasteiger partial charge on any atom is 0.335 e. The van der Waals surface area contributed by atoms with Crippen molar-refractivity contribution < 1.29 is 23.1 Å². The van der Waals surface area contributed by atoms with E-state index in [-0.39, 0.29) is 17.4 Å². The van der Waals surface area contributed by atoms with Crippen LogP contribution in [-0.4, -0.2) is 44.5 Å². The van der Waals surface area contributed by atoms with Gasteiger partial charge in [0.2, 0.25) is 10.0 Å². The van der Waals surface area contributed by atoms with Gasteiger partial charge in [-0.3, -0.25) is 4.31 Å². The van der Waals surface area contributed by atoms with Crippen molar-refractivity contribution in [3.05, 3.63) is 29.3 Å². The van der Waals surface area contributed by atoms with E-state index in [9.17, 15) is 13.2 Å². The van der Waals surface area contributed by atoms with E-state index in [2.05, 4.69) is 0 Å². The van der Waals surface area contributed by atoms with E-state index >= 15 is 0 Å². The second-order valence-electron chi connectivity index (χ2n) is 6.09. The molecule has 2 aliphatic heterocycles. The molecule has 0 amide bonds. The molecule has 3 rings (SSSR count). The number of fused-ring (bicyclic) bond motifs is 1. The fraction of sp³-hybridized carbons (Fsp3) is 0.562. The Kier molecular flexibility index (Phi) is 4.59. The highest BCUT2D eigenvalue weighted by atomic mass is 32.2. The Morgan fingerprint density at radius 3 is 2.83 bits per heavy atom. The molecule has 1 aromatic carbocycles. The van der Waals surface area contributed by atoms with Crippen LogP contribution in [-0.2, 0) is 21.2 Å². The fourth-order valence-electron chi connectivity index (χ4n) is 3.25. The molecule has 1 unspecified atom stereocenters. The Morgan fingerprint density at radius 2 is 2.13 bits per heavy atom. The van der Waals surface area contributed by atoms with Crippen molar-refractivity contribution >= 4 is 21.7 Å². The Bertz CT molecular complexity index is 694. The van der Waals surface area contributed by atoms with Gasteiger partial charge in [-0.15, -0.1) is 0 Å². The van der Waals surface area contributed by atoms with Crippen molar-refractivity contribution in [2.75, 3.05) is 23.2 Å². The van der Waals surface area contributed by atoms with E-state index < -0.39 is 16.0 Å². The number of benzene rings is 1. The lowest BCUT2D eigenvalue weighted by atomic mass is 10.0. The molecule has 1 saturated heterocycles. The van der Waals surface area contributed by atoms with Crippen LogP contribution in [0.25, 0.3) is 0 Å². The van der Waals surface area contributed by atoms with E-state index in [1.54, 1.807) is 12.1 Å². The van der Waals surface area contributed by atoms with Crippen molar-refractivity contribution in [2.45, 2.75) is 38.2 Å². The van der Waals surface area contributed by atoms with Crippen LogP contribution in [0.1, 0.15) is 41.6 Å². The first-order valence-corrected chi connectivity index (χ1v) is 9.56. The van der Waals surface area contributed by atoms with Crippen LogP contribution in [0.5, 0.6) is 0 Å². The predicted molar refractivity (Wildman–Crippen MR) is 86.4 cm³/mol. The quantitative estimate of drug-likeness (QED) is 0.907. The number of carboxylic acids is 1. The molecule has 0 aliphatic carbocycles. The number of carboxylic acid groups (broad SMARTS) is 1. The average molecular weight is 339 g/mol. The van der Waals surface area contributed by atoms with Crippen LogP contribution in [0.15, 0.2) is 18.2 Å². The molecule has 2 heterocycles. The molecule has 0 radical (unpaired) electrons. The van der Waals surface area contributed by atoms with Gasteiger partial charge in [-0.1, -0.05) is 0 Å². The normalized spacial score (nSPS) is 21.7. The van der Waals surface area contributed by atoms with Gasteiger partial charge in [-0.25, -0.2) is 13.2 Å². The van der Waals surface area contributed by atoms with Gasteiger partial charge in [-0.05, 0) is 55.9 Å². The lowest BCUT2D eigenvalue weighted by molar-refractivity contribution is 0.0305. The molecular weight excluding hydrogens is 318 g/mol. The Balaban J connectivity index is 1.85. The van der Waals surface area contributed by atoms with E-state index in [0.717, 1.165) is 24.8 Å². The number of anilines is 1. The van der Waals surface area contributed by atoms with Gasteiger partial charge < -0.3 is 9.84 Å². The molecule has 0 spiro atoms. The largest absolute Gasteiger partial charge is 0.478 e. The summed E-state index contributed by atoms with van der Waals surface area (Å²) in [6, 6.07) is 4.65. The molecule has 0 saturated carbocycles. The Morgan fingerprint density at radius 1 is 1.30 bits per heavy atom. The summed E-state index contributed by atoms with van der Waals surface area (Å²) in [5.41, 5.74) is 1.58. The van der Waals surface area contributed by atoms with Crippen molar-refractivity contribution in [2.24, 2.45) is 0 Å². The number of aryl methyl sites for hydroxylation is 1. The summed E-state index contributed by atoms with van der Waals surface area (Å²) in [6.07, 6.45) is 3.92. The van der Waals surface area contributed by atoms with Crippen molar-refractivity contribution in [3.8, 4) is 0 Å². The number of ether oxygens (including phenoxy) is 1. The summed E-state index contributed by atoms with van der Waals surface area (Å²) < 4.78 is 32.5. The molecular formula is C16H21NO5S. The standard InChI is InChI=1S/C16H21NO5S/c18-16(19)13-6-7-15-12(10-13)4-3-8-17(15)23(20,21)11-14-5-1-2-9-22-14/h6-7,10,14H,1-5,8-9,11H2,(H,18,19). The minimum absolute atomic E-state index is 0.00682. The fourth-order valence-corrected chi connectivity index (χ4v) is 5.05. The van der Waals surface area contributed by atoms with Gasteiger partial charge in [0.1, 0.15) is 0 Å². The van der Waals surface area contributed by atoms with E-state index in [1.807, 2.05) is 0 Å². The third kappa shape index (κ3) is 3.50. The third-order valence-corrected chi connectivity index (χ3v) is 6.25. The number of rotatable bonds is 4. The molecule has 0 bridgehead atoms. The van der Waals surface area contributed by atoms with Gasteiger partial charge in [0.15, 0.2) is 0 Å². The molecule has 1 fully saturated rings. The maximum atomic E-state index is 12.8. The van der Waals surface area contributed by atoms with Gasteiger partial charge in [0, 0.05) is 13.2 Å². The number of aromatic carboxylic acids is 1. The topological polar surface area (TPSA) is 83.9 Å². The highest BCUT2D eigenvalue weighted by Gasteiger charge is 2.31. The van der Waals surface area contributed by atoms with Crippen LogP contribution in [0, 0.1) is 0 Å². The zero-order valence-electron chi connectivity index (χ0n) is 12.9. The molecule has 0 aromatic heterocycles. The number of sulfonamides is 1. The summed E-state index contributed by atoms with van der Waals surface area (Å²) in [5, 5.41) is 9.08. The third-order valence-electron chi connectivity index (χ3n) is 4.41. The van der Waals surface area contributed by atoms with E-state index in [0.29, 0.717) is 31.7 Å². The van der Waals surface area contributed by atoms with Crippen molar-refractivity contribution in [1.29, 1.82) is 0 Å². The van der Waals surface area contributed by atoms with Crippen LogP contribution < -0.4 is 4.31 Å². The summed E-state index contributed by atoms with van der Waals surface area (Å²) in [6.45, 7) is 1.06. The number of hydrogen-bond acceptors (Lipinski definition) is 4. The first-order valence-electron chi connectivity index (χ1n) is 7.95. The van der Waals surface area contributed by atoms with Crippen molar-refractivity contribution in [1.82, 2.24) is 0 Å². The van der Waals surface area contributed by atoms with Crippen molar-refractivity contribution in [3.63, 3.8) is 0 Å². The second-order valence-corrected chi connectivity index (χ2v) is 8.03. The first-order chi connectivity index (χ1) is 11.0. The van der Waals surface area contributed by atoms with Crippen LogP contribution in [0.4, 0.5) is 5.69 Å². The van der Waals surface area contributed by atoms with Gasteiger partial charge in [-0.2, -0.15) is 0 Å². The maximum absolute atomic E-state index is 12.8. The summed E-state index contributed by atoms with van der Waals surface area (Å²) in [4.78, 5) is 11.1. The van der Waals surface area contributed by atoms with E-state index in [4.69, 9.17) is 9.84 Å². The lowest BCUT2D eigenvalue weighted by Gasteiger charge is -2.32. The molecule has 7 heteroatoms. The van der Waals surface area contributed by atoms with Gasteiger partial charge >= 0.3 is 5.97 Å². The smallest absolute Gasteiger partial charge is 0.335 e. The minimum Gasteiger partial charge on any atom is -0.478 e. The molecule has 2 aliphatic rings. The average Bonchev–Trinajstić information content (AvgIpc) is 2.54. The highest BCUT2D eigenvalue weighted by Crippen LogP contribution is 2.31. The van der Waals surface area contributed by atoms with Gasteiger partial charge in [0.25, 0.3) is 0 Å². The summed E-state index contributed by atoms with van der Waals surface area (Å²) in [5.74, 6) is -1.00. The molecule has 6 nitrogen and oxygen atoms in total. The SMILES string of the molecule is O=C(O)c1ccc2c(c1)CCCN2S(=O)(=O)CC1CCCCO1. The van der Waals surface area contributed by atoms with Crippen LogP contribution >= 0.6 is 0 Å². The van der Waals surface area contributed by atoms with E-state index in [1.165, 1.54) is 10.4 Å². The second kappa shape index (κ2) is 6.49. The molecule has 1 aromatic rings. The zero-order valence-corrected chi connectivity index (χ0v) is 13.7. The monoisotopic (exact) mass is 339 g/mol. The molecule has 126 valence electrons. The predicted octanol–water partition coefficient (Wildman–Crippen LogP) is 2.04. The Hall–Kier alpha value is -1.60. The molecule has 23 heavy (non-hydrogen) atoms. The number of hydrogen-bond donors (Lipinski definition) is 1. The number of nitrogens with zero attached hydrogens (tertiary/aromatic N) is 1. The molecule has 1 N–H and O–H groups in total. The highest BCUT2D eigenvalue weighted by molar-refractivity contribution is 7.92. The van der Waals surface area contributed by atoms with Crippen LogP contribution in [0.3, 0.4) is 0 Å². The first kappa shape index (κ1) is 16.3. The summed E-state index contributed by atoms with van der Waals surface area (Å²) >= 11 is 0. The minimum atomic E-state index is -3.47. The summed E-state index contributed by atoms with van der Waals surface area (Å²) in [7, 11) is -3.47. The van der Waals surface area contributed by atoms with Crippen LogP contribution in [0.2, 0.25) is 0 Å². The Labute approximate surface area is 136 Å².